The number of nitrogens with zero attached hydrogens (tertiary/aromatic N) is 2. The number of amides is 1. The second-order valence-electron chi connectivity index (χ2n) is 4.09. The zero-order chi connectivity index (χ0) is 13.7. The van der Waals surface area contributed by atoms with Crippen molar-refractivity contribution in [2.75, 3.05) is 17.7 Å². The number of likely N-dealkylation sites (N-methyl/N-ethyl adjacent to an activating group) is 1. The van der Waals surface area contributed by atoms with E-state index in [4.69, 9.17) is 5.73 Å². The number of nitrogens with two attached hydrogens (primary N) is 1. The van der Waals surface area contributed by atoms with Crippen LogP contribution in [0.3, 0.4) is 0 Å². The largest absolute Gasteiger partial charge is 0.399 e. The zero-order valence-electron chi connectivity index (χ0n) is 10.7. The van der Waals surface area contributed by atoms with Gasteiger partial charge < -0.3 is 5.73 Å². The molecule has 2 N–H and O–H groups in total. The Morgan fingerprint density at radius 2 is 1.95 bits per heavy atom. The minimum Gasteiger partial charge on any atom is -0.399 e. The van der Waals surface area contributed by atoms with Gasteiger partial charge in [0.05, 0.1) is 0 Å². The molecule has 0 atom stereocenters. The Morgan fingerprint density at radius 1 is 1.21 bits per heavy atom. The van der Waals surface area contributed by atoms with E-state index in [1.165, 1.54) is 11.0 Å². The molecule has 4 nitrogen and oxygen atoms in total. The van der Waals surface area contributed by atoms with Crippen molar-refractivity contribution < 1.29 is 4.79 Å². The standard InChI is InChI=1S/C15H15N3O/c1-18(14-4-2-3-11-17-14)15(19)10-7-12-5-8-13(16)9-6-12/h2-11H,16H2,1H3/b10-7+. The summed E-state index contributed by atoms with van der Waals surface area (Å²) in [6, 6.07) is 12.8. The zero-order valence-corrected chi connectivity index (χ0v) is 10.7. The molecule has 2 rings (SSSR count). The van der Waals surface area contributed by atoms with Crippen LogP contribution in [0.2, 0.25) is 0 Å². The molecule has 0 saturated carbocycles. The second kappa shape index (κ2) is 5.82. The molecule has 0 radical (unpaired) electrons. The fourth-order valence-corrected chi connectivity index (χ4v) is 1.55. The van der Waals surface area contributed by atoms with E-state index in [1.54, 1.807) is 37.5 Å². The van der Waals surface area contributed by atoms with Gasteiger partial charge in [0.25, 0.3) is 5.91 Å². The van der Waals surface area contributed by atoms with Crippen LogP contribution >= 0.6 is 0 Å². The topological polar surface area (TPSA) is 59.2 Å². The van der Waals surface area contributed by atoms with Gasteiger partial charge in [0, 0.05) is 25.0 Å². The second-order valence-corrected chi connectivity index (χ2v) is 4.09. The Balaban J connectivity index is 2.07. The van der Waals surface area contributed by atoms with Gasteiger partial charge in [-0.3, -0.25) is 9.69 Å². The summed E-state index contributed by atoms with van der Waals surface area (Å²) in [6.45, 7) is 0. The summed E-state index contributed by atoms with van der Waals surface area (Å²) in [5.74, 6) is 0.491. The predicted octanol–water partition coefficient (Wildman–Crippen LogP) is 2.34. The molecule has 0 aliphatic heterocycles. The molecule has 96 valence electrons. The molecular formula is C15H15N3O. The van der Waals surface area contributed by atoms with Crippen LogP contribution in [-0.2, 0) is 4.79 Å². The quantitative estimate of drug-likeness (QED) is 0.674. The third kappa shape index (κ3) is 3.42. The van der Waals surface area contributed by atoms with Crippen molar-refractivity contribution in [2.45, 2.75) is 0 Å². The molecule has 4 heteroatoms. The minimum absolute atomic E-state index is 0.129. The first-order valence-corrected chi connectivity index (χ1v) is 5.89. The Kier molecular flexibility index (Phi) is 3.93. The average molecular weight is 253 g/mol. The van der Waals surface area contributed by atoms with Crippen LogP contribution in [0.15, 0.2) is 54.7 Å². The van der Waals surface area contributed by atoms with Crippen molar-refractivity contribution >= 4 is 23.5 Å². The number of anilines is 2. The van der Waals surface area contributed by atoms with Gasteiger partial charge in [-0.05, 0) is 35.9 Å². The smallest absolute Gasteiger partial charge is 0.251 e. The van der Waals surface area contributed by atoms with Gasteiger partial charge >= 0.3 is 0 Å². The van der Waals surface area contributed by atoms with Crippen molar-refractivity contribution in [3.05, 3.63) is 60.3 Å². The SMILES string of the molecule is CN(C(=O)/C=C/c1ccc(N)cc1)c1ccccn1. The number of aromatic nitrogens is 1. The summed E-state index contributed by atoms with van der Waals surface area (Å²) in [4.78, 5) is 17.6. The van der Waals surface area contributed by atoms with Crippen LogP contribution in [0.1, 0.15) is 5.56 Å². The highest BCUT2D eigenvalue weighted by atomic mass is 16.2. The highest BCUT2D eigenvalue weighted by molar-refractivity contribution is 6.02. The van der Waals surface area contributed by atoms with Crippen molar-refractivity contribution in [3.63, 3.8) is 0 Å². The fourth-order valence-electron chi connectivity index (χ4n) is 1.55. The number of pyridine rings is 1. The molecule has 19 heavy (non-hydrogen) atoms. The lowest BCUT2D eigenvalue weighted by Crippen LogP contribution is -2.24. The van der Waals surface area contributed by atoms with Crippen molar-refractivity contribution in [3.8, 4) is 0 Å². The van der Waals surface area contributed by atoms with E-state index in [1.807, 2.05) is 24.3 Å². The summed E-state index contributed by atoms with van der Waals surface area (Å²) < 4.78 is 0. The molecule has 1 aromatic carbocycles. The van der Waals surface area contributed by atoms with E-state index in [2.05, 4.69) is 4.98 Å². The number of hydrogen-bond acceptors (Lipinski definition) is 3. The first-order chi connectivity index (χ1) is 9.16. The molecule has 1 heterocycles. The highest BCUT2D eigenvalue weighted by Gasteiger charge is 2.07. The lowest BCUT2D eigenvalue weighted by Gasteiger charge is -2.13. The number of nitrogen functional groups attached to an aromatic ring is 1. The van der Waals surface area contributed by atoms with Crippen LogP contribution in [0.25, 0.3) is 6.08 Å². The number of carbonyl (C=O) groups excluding carboxylic acids is 1. The van der Waals surface area contributed by atoms with Gasteiger partial charge in [-0.2, -0.15) is 0 Å². The molecule has 0 fully saturated rings. The predicted molar refractivity (Wildman–Crippen MR) is 77.5 cm³/mol. The van der Waals surface area contributed by atoms with Crippen LogP contribution in [-0.4, -0.2) is 17.9 Å². The van der Waals surface area contributed by atoms with Crippen molar-refractivity contribution in [1.29, 1.82) is 0 Å². The number of rotatable bonds is 3. The van der Waals surface area contributed by atoms with E-state index in [0.717, 1.165) is 5.56 Å². The summed E-state index contributed by atoms with van der Waals surface area (Å²) in [5, 5.41) is 0. The van der Waals surface area contributed by atoms with E-state index >= 15 is 0 Å². The molecule has 2 aromatic rings. The molecule has 0 saturated heterocycles. The van der Waals surface area contributed by atoms with Crippen LogP contribution in [0.4, 0.5) is 11.5 Å². The van der Waals surface area contributed by atoms with E-state index < -0.39 is 0 Å². The monoisotopic (exact) mass is 253 g/mol. The average Bonchev–Trinajstić information content (AvgIpc) is 2.46. The molecule has 1 amide bonds. The first-order valence-electron chi connectivity index (χ1n) is 5.89. The molecule has 0 aliphatic carbocycles. The maximum Gasteiger partial charge on any atom is 0.251 e. The van der Waals surface area contributed by atoms with Gasteiger partial charge in [-0.1, -0.05) is 18.2 Å². The summed E-state index contributed by atoms with van der Waals surface area (Å²) in [5.41, 5.74) is 7.23. The fraction of sp³-hybridized carbons (Fsp3) is 0.0667. The van der Waals surface area contributed by atoms with E-state index in [9.17, 15) is 4.79 Å². The normalized spacial score (nSPS) is 10.6. The Labute approximate surface area is 112 Å². The number of benzene rings is 1. The summed E-state index contributed by atoms with van der Waals surface area (Å²) in [6.07, 6.45) is 4.92. The Hall–Kier alpha value is -2.62. The van der Waals surface area contributed by atoms with E-state index in [-0.39, 0.29) is 5.91 Å². The molecule has 0 bridgehead atoms. The van der Waals surface area contributed by atoms with Crippen LogP contribution in [0.5, 0.6) is 0 Å². The lowest BCUT2D eigenvalue weighted by molar-refractivity contribution is -0.113. The molecule has 1 aromatic heterocycles. The number of hydrogen-bond donors (Lipinski definition) is 1. The molecular weight excluding hydrogens is 238 g/mol. The number of carbonyl (C=O) groups is 1. The van der Waals surface area contributed by atoms with Gasteiger partial charge in [-0.25, -0.2) is 4.98 Å². The highest BCUT2D eigenvalue weighted by Crippen LogP contribution is 2.10. The maximum absolute atomic E-state index is 12.0. The molecule has 0 spiro atoms. The van der Waals surface area contributed by atoms with Crippen LogP contribution in [0, 0.1) is 0 Å². The summed E-state index contributed by atoms with van der Waals surface area (Å²) in [7, 11) is 1.69. The van der Waals surface area contributed by atoms with Crippen molar-refractivity contribution in [2.24, 2.45) is 0 Å². The Morgan fingerprint density at radius 3 is 2.58 bits per heavy atom. The third-order valence-corrected chi connectivity index (χ3v) is 2.68. The third-order valence-electron chi connectivity index (χ3n) is 2.68. The molecule has 0 unspecified atom stereocenters. The molecule has 0 aliphatic rings. The lowest BCUT2D eigenvalue weighted by atomic mass is 10.2. The van der Waals surface area contributed by atoms with Gasteiger partial charge in [0.2, 0.25) is 0 Å². The minimum atomic E-state index is -0.129. The summed E-state index contributed by atoms with van der Waals surface area (Å²) >= 11 is 0. The van der Waals surface area contributed by atoms with Crippen LogP contribution < -0.4 is 10.6 Å². The van der Waals surface area contributed by atoms with Gasteiger partial charge in [0.15, 0.2) is 0 Å². The van der Waals surface area contributed by atoms with Gasteiger partial charge in [-0.15, -0.1) is 0 Å². The van der Waals surface area contributed by atoms with Gasteiger partial charge in [0.1, 0.15) is 5.82 Å². The first kappa shape index (κ1) is 12.8. The maximum atomic E-state index is 12.0. The van der Waals surface area contributed by atoms with E-state index in [0.29, 0.717) is 11.5 Å². The van der Waals surface area contributed by atoms with Crippen molar-refractivity contribution in [1.82, 2.24) is 4.98 Å². The Bertz CT molecular complexity index is 576.